The Morgan fingerprint density at radius 3 is 2.67 bits per heavy atom. The van der Waals surface area contributed by atoms with Crippen molar-refractivity contribution < 1.29 is 4.74 Å². The Morgan fingerprint density at radius 2 is 1.85 bits per heavy atom. The molecule has 0 spiro atoms. The molecular formula is C21H16BrN3OS. The lowest BCUT2D eigenvalue weighted by Crippen LogP contribution is -1.96. The number of thiazole rings is 1. The van der Waals surface area contributed by atoms with Gasteiger partial charge in [0.2, 0.25) is 5.13 Å². The first-order chi connectivity index (χ1) is 13.3. The number of hydrogen-bond acceptors (Lipinski definition) is 5. The fourth-order valence-electron chi connectivity index (χ4n) is 2.53. The quantitative estimate of drug-likeness (QED) is 0.293. The van der Waals surface area contributed by atoms with Gasteiger partial charge in [-0.1, -0.05) is 53.8 Å². The monoisotopic (exact) mass is 437 g/mol. The van der Waals surface area contributed by atoms with E-state index in [-0.39, 0.29) is 0 Å². The average molecular weight is 438 g/mol. The van der Waals surface area contributed by atoms with E-state index in [0.717, 1.165) is 36.7 Å². The molecule has 0 bridgehead atoms. The van der Waals surface area contributed by atoms with E-state index in [1.807, 2.05) is 72.8 Å². The lowest BCUT2D eigenvalue weighted by molar-refractivity contribution is 0.304. The lowest BCUT2D eigenvalue weighted by atomic mass is 10.2. The first kappa shape index (κ1) is 17.7. The van der Waals surface area contributed by atoms with Crippen molar-refractivity contribution in [2.24, 2.45) is 5.10 Å². The van der Waals surface area contributed by atoms with Crippen LogP contribution in [0.5, 0.6) is 5.75 Å². The summed E-state index contributed by atoms with van der Waals surface area (Å²) in [6.45, 7) is 0.534. The minimum atomic E-state index is 0.534. The van der Waals surface area contributed by atoms with E-state index in [1.165, 1.54) is 0 Å². The van der Waals surface area contributed by atoms with Crippen LogP contribution in [-0.2, 0) is 6.61 Å². The minimum Gasteiger partial charge on any atom is -0.488 e. The lowest BCUT2D eigenvalue weighted by Gasteiger charge is -2.08. The average Bonchev–Trinajstić information content (AvgIpc) is 3.11. The van der Waals surface area contributed by atoms with Gasteiger partial charge >= 0.3 is 0 Å². The van der Waals surface area contributed by atoms with Gasteiger partial charge in [-0.05, 0) is 57.4 Å². The van der Waals surface area contributed by atoms with Crippen LogP contribution < -0.4 is 10.2 Å². The van der Waals surface area contributed by atoms with Crippen molar-refractivity contribution in [3.8, 4) is 5.75 Å². The van der Waals surface area contributed by atoms with Crippen LogP contribution in [0.15, 0.2) is 82.4 Å². The second-order valence-electron chi connectivity index (χ2n) is 5.82. The Hall–Kier alpha value is -2.70. The largest absolute Gasteiger partial charge is 0.488 e. The summed E-state index contributed by atoms with van der Waals surface area (Å²) in [7, 11) is 0. The summed E-state index contributed by atoms with van der Waals surface area (Å²) in [5.41, 5.74) is 6.06. The van der Waals surface area contributed by atoms with Crippen LogP contribution in [-0.4, -0.2) is 11.2 Å². The molecule has 1 N–H and O–H groups in total. The molecule has 0 amide bonds. The highest BCUT2D eigenvalue weighted by Crippen LogP contribution is 2.27. The fourth-order valence-corrected chi connectivity index (χ4v) is 3.86. The molecule has 0 unspecified atom stereocenters. The topological polar surface area (TPSA) is 46.5 Å². The molecule has 4 rings (SSSR count). The summed E-state index contributed by atoms with van der Waals surface area (Å²) >= 11 is 5.14. The van der Waals surface area contributed by atoms with Gasteiger partial charge in [-0.2, -0.15) is 5.10 Å². The van der Waals surface area contributed by atoms with E-state index < -0.39 is 0 Å². The van der Waals surface area contributed by atoms with Crippen LogP contribution in [0.4, 0.5) is 5.13 Å². The third-order valence-corrected chi connectivity index (χ3v) is 5.42. The van der Waals surface area contributed by atoms with E-state index >= 15 is 0 Å². The zero-order valence-electron chi connectivity index (χ0n) is 14.3. The van der Waals surface area contributed by atoms with Crippen LogP contribution >= 0.6 is 27.3 Å². The Labute approximate surface area is 169 Å². The molecule has 6 heteroatoms. The normalized spacial score (nSPS) is 11.1. The van der Waals surface area contributed by atoms with Crippen LogP contribution in [0.1, 0.15) is 11.1 Å². The zero-order chi connectivity index (χ0) is 18.5. The summed E-state index contributed by atoms with van der Waals surface area (Å²) in [5.74, 6) is 0.801. The first-order valence-electron chi connectivity index (χ1n) is 8.39. The minimum absolute atomic E-state index is 0.534. The SMILES string of the molecule is Brc1cc(/C=N/Nc2nc3ccccc3s2)ccc1OCc1ccccc1. The molecule has 0 fully saturated rings. The summed E-state index contributed by atoms with van der Waals surface area (Å²) in [5, 5.41) is 5.06. The number of hydrazone groups is 1. The Morgan fingerprint density at radius 1 is 1.04 bits per heavy atom. The molecule has 0 saturated carbocycles. The predicted molar refractivity (Wildman–Crippen MR) is 116 cm³/mol. The molecular weight excluding hydrogens is 422 g/mol. The van der Waals surface area contributed by atoms with Crippen molar-refractivity contribution in [3.05, 3.63) is 88.4 Å². The number of anilines is 1. The number of ether oxygens (including phenoxy) is 1. The third kappa shape index (κ3) is 4.53. The second-order valence-corrected chi connectivity index (χ2v) is 7.71. The van der Waals surface area contributed by atoms with Crippen molar-refractivity contribution in [2.45, 2.75) is 6.61 Å². The highest BCUT2D eigenvalue weighted by atomic mass is 79.9. The number of para-hydroxylation sites is 1. The van der Waals surface area contributed by atoms with Gasteiger partial charge in [0, 0.05) is 0 Å². The smallest absolute Gasteiger partial charge is 0.204 e. The van der Waals surface area contributed by atoms with E-state index in [0.29, 0.717) is 6.61 Å². The van der Waals surface area contributed by atoms with Crippen LogP contribution in [0.25, 0.3) is 10.2 Å². The molecule has 0 radical (unpaired) electrons. The second kappa shape index (κ2) is 8.33. The molecule has 1 aromatic heterocycles. The molecule has 4 aromatic rings. The van der Waals surface area contributed by atoms with Crippen molar-refractivity contribution >= 4 is 48.8 Å². The number of hydrogen-bond donors (Lipinski definition) is 1. The molecule has 0 aliphatic rings. The number of halogens is 1. The number of rotatable bonds is 6. The highest BCUT2D eigenvalue weighted by molar-refractivity contribution is 9.10. The molecule has 4 nitrogen and oxygen atoms in total. The number of nitrogens with zero attached hydrogens (tertiary/aromatic N) is 2. The number of benzene rings is 3. The summed E-state index contributed by atoms with van der Waals surface area (Å²) in [4.78, 5) is 4.49. The number of aromatic nitrogens is 1. The van der Waals surface area contributed by atoms with E-state index in [2.05, 4.69) is 31.4 Å². The third-order valence-electron chi connectivity index (χ3n) is 3.86. The standard InChI is InChI=1S/C21H16BrN3OS/c22-17-12-16(10-11-19(17)26-14-15-6-2-1-3-7-15)13-23-25-21-24-18-8-4-5-9-20(18)27-21/h1-13H,14H2,(H,24,25)/b23-13+. The van der Waals surface area contributed by atoms with Gasteiger partial charge in [0.1, 0.15) is 12.4 Å². The molecule has 27 heavy (non-hydrogen) atoms. The van der Waals surface area contributed by atoms with Gasteiger partial charge in [-0.3, -0.25) is 5.43 Å². The first-order valence-corrected chi connectivity index (χ1v) is 10.00. The Kier molecular flexibility index (Phi) is 5.46. The summed E-state index contributed by atoms with van der Waals surface area (Å²) < 4.78 is 7.90. The molecule has 1 heterocycles. The Bertz CT molecular complexity index is 1050. The van der Waals surface area contributed by atoms with E-state index in [1.54, 1.807) is 17.6 Å². The molecule has 0 saturated heterocycles. The van der Waals surface area contributed by atoms with E-state index in [4.69, 9.17) is 4.74 Å². The van der Waals surface area contributed by atoms with Crippen molar-refractivity contribution in [2.75, 3.05) is 5.43 Å². The molecule has 0 aliphatic heterocycles. The predicted octanol–water partition coefficient (Wildman–Crippen LogP) is 6.08. The van der Waals surface area contributed by atoms with Crippen LogP contribution in [0.2, 0.25) is 0 Å². The van der Waals surface area contributed by atoms with Crippen molar-refractivity contribution in [1.29, 1.82) is 0 Å². The molecule has 0 aliphatic carbocycles. The molecule has 3 aromatic carbocycles. The maximum Gasteiger partial charge on any atom is 0.204 e. The van der Waals surface area contributed by atoms with Gasteiger partial charge in [-0.15, -0.1) is 0 Å². The van der Waals surface area contributed by atoms with Gasteiger partial charge in [0.25, 0.3) is 0 Å². The van der Waals surface area contributed by atoms with Crippen LogP contribution in [0.3, 0.4) is 0 Å². The summed E-state index contributed by atoms with van der Waals surface area (Å²) in [6, 6.07) is 24.0. The Balaban J connectivity index is 1.39. The summed E-state index contributed by atoms with van der Waals surface area (Å²) in [6.07, 6.45) is 1.76. The van der Waals surface area contributed by atoms with Crippen molar-refractivity contribution in [3.63, 3.8) is 0 Å². The van der Waals surface area contributed by atoms with Crippen molar-refractivity contribution in [1.82, 2.24) is 4.98 Å². The fraction of sp³-hybridized carbons (Fsp3) is 0.0476. The maximum absolute atomic E-state index is 5.87. The maximum atomic E-state index is 5.87. The molecule has 0 atom stereocenters. The zero-order valence-corrected chi connectivity index (χ0v) is 16.7. The number of nitrogens with one attached hydrogen (secondary N) is 1. The number of fused-ring (bicyclic) bond motifs is 1. The highest BCUT2D eigenvalue weighted by Gasteiger charge is 2.03. The van der Waals surface area contributed by atoms with Crippen LogP contribution in [0, 0.1) is 0 Å². The van der Waals surface area contributed by atoms with E-state index in [9.17, 15) is 0 Å². The van der Waals surface area contributed by atoms with Gasteiger partial charge in [0.15, 0.2) is 0 Å². The molecule has 134 valence electrons. The van der Waals surface area contributed by atoms with Gasteiger partial charge in [0.05, 0.1) is 20.9 Å². The van der Waals surface area contributed by atoms with Gasteiger partial charge in [-0.25, -0.2) is 4.98 Å². The van der Waals surface area contributed by atoms with Gasteiger partial charge < -0.3 is 4.74 Å².